The molecular formula is C19H20N2O3S. The lowest BCUT2D eigenvalue weighted by Crippen LogP contribution is -2.39. The maximum absolute atomic E-state index is 12.4. The van der Waals surface area contributed by atoms with E-state index in [2.05, 4.69) is 5.10 Å². The zero-order valence-corrected chi connectivity index (χ0v) is 14.6. The molecule has 1 aromatic heterocycles. The predicted octanol–water partition coefficient (Wildman–Crippen LogP) is 2.82. The highest BCUT2D eigenvalue weighted by molar-refractivity contribution is 7.99. The summed E-state index contributed by atoms with van der Waals surface area (Å²) in [5.74, 6) is 2.18. The average molecular weight is 356 g/mol. The van der Waals surface area contributed by atoms with Gasteiger partial charge in [-0.1, -0.05) is 30.3 Å². The van der Waals surface area contributed by atoms with Crippen molar-refractivity contribution in [1.29, 1.82) is 0 Å². The van der Waals surface area contributed by atoms with Gasteiger partial charge < -0.3 is 9.84 Å². The first kappa shape index (κ1) is 16.4. The number of aromatic nitrogens is 1. The minimum absolute atomic E-state index is 0.202. The van der Waals surface area contributed by atoms with Crippen LogP contribution in [0.25, 0.3) is 0 Å². The average Bonchev–Trinajstić information content (AvgIpc) is 2.66. The highest BCUT2D eigenvalue weighted by atomic mass is 32.2. The van der Waals surface area contributed by atoms with Gasteiger partial charge in [0.2, 0.25) is 5.43 Å². The molecule has 1 saturated heterocycles. The molecule has 1 atom stereocenters. The number of ether oxygens (including phenoxy) is 1. The van der Waals surface area contributed by atoms with Gasteiger partial charge >= 0.3 is 0 Å². The predicted molar refractivity (Wildman–Crippen MR) is 99.3 cm³/mol. The summed E-state index contributed by atoms with van der Waals surface area (Å²) in [7, 11) is 0. The van der Waals surface area contributed by atoms with Crippen molar-refractivity contribution in [3.8, 4) is 5.75 Å². The third-order valence-corrected chi connectivity index (χ3v) is 5.95. The topological polar surface area (TPSA) is 63.8 Å². The Morgan fingerprint density at radius 3 is 2.76 bits per heavy atom. The molecule has 5 nitrogen and oxygen atoms in total. The smallest absolute Gasteiger partial charge is 0.223 e. The molecule has 1 aromatic carbocycles. The molecule has 1 N–H and O–H groups in total. The van der Waals surface area contributed by atoms with Gasteiger partial charge in [0, 0.05) is 23.9 Å². The number of benzene rings is 1. The van der Waals surface area contributed by atoms with Crippen LogP contribution in [0, 0.1) is 5.41 Å². The van der Waals surface area contributed by atoms with Crippen LogP contribution < -0.4 is 10.2 Å². The molecule has 25 heavy (non-hydrogen) atoms. The fourth-order valence-corrected chi connectivity index (χ4v) is 4.68. The Bertz CT molecular complexity index is 841. The lowest BCUT2D eigenvalue weighted by Gasteiger charge is -2.40. The fraction of sp³-hybridized carbons (Fsp3) is 0.368. The largest absolute Gasteiger partial charge is 0.483 e. The van der Waals surface area contributed by atoms with E-state index >= 15 is 0 Å². The lowest BCUT2D eigenvalue weighted by molar-refractivity contribution is 0.0521. The Morgan fingerprint density at radius 2 is 2.00 bits per heavy atom. The molecule has 2 aromatic rings. The number of thioether (sulfide) groups is 1. The van der Waals surface area contributed by atoms with Crippen LogP contribution in [0.4, 0.5) is 0 Å². The summed E-state index contributed by atoms with van der Waals surface area (Å²) in [4.78, 5) is 12.4. The number of pyridine rings is 1. The second kappa shape index (κ2) is 6.69. The van der Waals surface area contributed by atoms with Crippen molar-refractivity contribution in [3.05, 3.63) is 64.1 Å². The first-order valence-electron chi connectivity index (χ1n) is 8.43. The molecule has 0 amide bonds. The van der Waals surface area contributed by atoms with Gasteiger partial charge in [0.25, 0.3) is 0 Å². The third-order valence-electron chi connectivity index (χ3n) is 4.96. The quantitative estimate of drug-likeness (QED) is 0.918. The molecule has 2 aliphatic rings. The molecule has 4 rings (SSSR count). The molecule has 0 bridgehead atoms. The van der Waals surface area contributed by atoms with Crippen molar-refractivity contribution in [1.82, 2.24) is 4.68 Å². The van der Waals surface area contributed by atoms with E-state index in [1.165, 1.54) is 6.07 Å². The summed E-state index contributed by atoms with van der Waals surface area (Å²) in [6.45, 7) is 0.284. The van der Waals surface area contributed by atoms with Crippen LogP contribution in [0.1, 0.15) is 30.2 Å². The summed E-state index contributed by atoms with van der Waals surface area (Å²) in [5.41, 5.74) is 0.822. The molecule has 1 unspecified atom stereocenters. The van der Waals surface area contributed by atoms with Gasteiger partial charge in [-0.2, -0.15) is 16.9 Å². The summed E-state index contributed by atoms with van der Waals surface area (Å²) < 4.78 is 7.42. The van der Waals surface area contributed by atoms with Crippen LogP contribution in [-0.2, 0) is 6.61 Å². The summed E-state index contributed by atoms with van der Waals surface area (Å²) in [6.07, 6.45) is 4.37. The normalized spacial score (nSPS) is 21.1. The number of nitrogens with zero attached hydrogens (tertiary/aromatic N) is 2. The monoisotopic (exact) mass is 356 g/mol. The maximum atomic E-state index is 12.4. The SMILES string of the molecule is O=c1ccn2c(c1OCc1ccccc1)C(O)C1(C=N2)CCSCC1. The molecule has 3 heterocycles. The zero-order valence-electron chi connectivity index (χ0n) is 13.8. The Hall–Kier alpha value is -2.05. The van der Waals surface area contributed by atoms with Gasteiger partial charge in [0.1, 0.15) is 18.4 Å². The van der Waals surface area contributed by atoms with Gasteiger partial charge in [-0.05, 0) is 29.9 Å². The zero-order chi connectivity index (χ0) is 17.3. The van der Waals surface area contributed by atoms with Gasteiger partial charge in [-0.3, -0.25) is 4.79 Å². The van der Waals surface area contributed by atoms with Crippen molar-refractivity contribution in [2.45, 2.75) is 25.6 Å². The molecule has 0 saturated carbocycles. The standard InChI is InChI=1S/C19H20N2O3S/c22-15-6-9-21-16(17(15)24-12-14-4-2-1-3-5-14)18(23)19(13-20-21)7-10-25-11-8-19/h1-6,9,13,18,23H,7-8,10-12H2. The van der Waals surface area contributed by atoms with Crippen molar-refractivity contribution >= 4 is 18.0 Å². The fourth-order valence-electron chi connectivity index (χ4n) is 3.42. The minimum atomic E-state index is -0.787. The Kier molecular flexibility index (Phi) is 4.39. The number of hydrogen-bond acceptors (Lipinski definition) is 5. The van der Waals surface area contributed by atoms with Crippen LogP contribution in [0.3, 0.4) is 0 Å². The Labute approximate surface area is 150 Å². The van der Waals surface area contributed by atoms with Crippen molar-refractivity contribution < 1.29 is 9.84 Å². The summed E-state index contributed by atoms with van der Waals surface area (Å²) in [5, 5.41) is 15.6. The Morgan fingerprint density at radius 1 is 1.24 bits per heavy atom. The van der Waals surface area contributed by atoms with E-state index in [4.69, 9.17) is 4.74 Å². The van der Waals surface area contributed by atoms with E-state index in [9.17, 15) is 9.90 Å². The van der Waals surface area contributed by atoms with Crippen LogP contribution in [0.5, 0.6) is 5.75 Å². The lowest BCUT2D eigenvalue weighted by atomic mass is 9.75. The third kappa shape index (κ3) is 3.00. The van der Waals surface area contributed by atoms with Crippen LogP contribution in [0.2, 0.25) is 0 Å². The maximum Gasteiger partial charge on any atom is 0.223 e. The van der Waals surface area contributed by atoms with E-state index < -0.39 is 11.5 Å². The van der Waals surface area contributed by atoms with Gasteiger partial charge in [0.05, 0.1) is 0 Å². The molecular weight excluding hydrogens is 336 g/mol. The molecule has 0 aliphatic carbocycles. The molecule has 2 aliphatic heterocycles. The second-order valence-corrected chi connectivity index (χ2v) is 7.73. The molecule has 1 fully saturated rings. The van der Waals surface area contributed by atoms with E-state index in [0.717, 1.165) is 29.9 Å². The summed E-state index contributed by atoms with van der Waals surface area (Å²) >= 11 is 1.89. The van der Waals surface area contributed by atoms with Crippen LogP contribution >= 0.6 is 11.8 Å². The minimum Gasteiger partial charge on any atom is -0.483 e. The van der Waals surface area contributed by atoms with Gasteiger partial charge in [0.15, 0.2) is 5.75 Å². The van der Waals surface area contributed by atoms with Gasteiger partial charge in [-0.25, -0.2) is 4.68 Å². The summed E-state index contributed by atoms with van der Waals surface area (Å²) in [6, 6.07) is 11.1. The molecule has 130 valence electrons. The molecule has 6 heteroatoms. The number of aliphatic hydroxyl groups excluding tert-OH is 1. The Balaban J connectivity index is 1.70. The number of fused-ring (bicyclic) bond motifs is 1. The number of aliphatic hydroxyl groups is 1. The van der Waals surface area contributed by atoms with E-state index in [1.54, 1.807) is 10.9 Å². The van der Waals surface area contributed by atoms with E-state index in [1.807, 2.05) is 48.3 Å². The van der Waals surface area contributed by atoms with E-state index in [0.29, 0.717) is 5.69 Å². The molecule has 0 radical (unpaired) electrons. The van der Waals surface area contributed by atoms with Crippen molar-refractivity contribution in [3.63, 3.8) is 0 Å². The highest BCUT2D eigenvalue weighted by Crippen LogP contribution is 2.47. The number of rotatable bonds is 3. The highest BCUT2D eigenvalue weighted by Gasteiger charge is 2.44. The number of hydrogen-bond donors (Lipinski definition) is 1. The van der Waals surface area contributed by atoms with Gasteiger partial charge in [-0.15, -0.1) is 0 Å². The van der Waals surface area contributed by atoms with Crippen LogP contribution in [0.15, 0.2) is 52.5 Å². The first-order valence-corrected chi connectivity index (χ1v) is 9.59. The first-order chi connectivity index (χ1) is 12.2. The molecule has 1 spiro atoms. The van der Waals surface area contributed by atoms with Crippen molar-refractivity contribution in [2.75, 3.05) is 11.5 Å². The van der Waals surface area contributed by atoms with E-state index in [-0.39, 0.29) is 17.8 Å². The van der Waals surface area contributed by atoms with Crippen LogP contribution in [-0.4, -0.2) is 27.5 Å². The van der Waals surface area contributed by atoms with Crippen molar-refractivity contribution in [2.24, 2.45) is 10.5 Å². The second-order valence-electron chi connectivity index (χ2n) is 6.51.